The van der Waals surface area contributed by atoms with E-state index in [2.05, 4.69) is 20.5 Å². The normalized spacial score (nSPS) is 14.3. The number of anilines is 1. The Morgan fingerprint density at radius 2 is 1.72 bits per heavy atom. The zero-order chi connectivity index (χ0) is 21.9. The summed E-state index contributed by atoms with van der Waals surface area (Å²) >= 11 is 1.48. The number of benzene rings is 3. The first-order valence-electron chi connectivity index (χ1n) is 9.86. The van der Waals surface area contributed by atoms with Crippen molar-refractivity contribution in [2.24, 2.45) is 0 Å². The molecule has 3 aromatic carbocycles. The molecule has 0 spiro atoms. The standard InChI is InChI=1S/C23H17N5O3S/c29-28(30)17-12-10-16(11-13-17)21-24-19-9-5-4-8-18(19)20-22(31-21)25-23(27-26-20)32-14-15-6-2-1-3-7-15/h1-13,21,24H,14H2/t21-/m1/s1. The lowest BCUT2D eigenvalue weighted by Gasteiger charge is -2.19. The first-order valence-corrected chi connectivity index (χ1v) is 10.8. The fourth-order valence-electron chi connectivity index (χ4n) is 3.35. The summed E-state index contributed by atoms with van der Waals surface area (Å²) in [4.78, 5) is 15.2. The van der Waals surface area contributed by atoms with Crippen LogP contribution in [0.25, 0.3) is 11.3 Å². The molecule has 8 nitrogen and oxygen atoms in total. The molecule has 1 N–H and O–H groups in total. The van der Waals surface area contributed by atoms with Crippen molar-refractivity contribution >= 4 is 23.1 Å². The number of hydrogen-bond acceptors (Lipinski definition) is 8. The van der Waals surface area contributed by atoms with Gasteiger partial charge in [-0.3, -0.25) is 10.1 Å². The third kappa shape index (κ3) is 4.10. The smallest absolute Gasteiger partial charge is 0.269 e. The predicted molar refractivity (Wildman–Crippen MR) is 121 cm³/mol. The number of hydrogen-bond donors (Lipinski definition) is 1. The number of nitrogens with one attached hydrogen (secondary N) is 1. The summed E-state index contributed by atoms with van der Waals surface area (Å²) in [7, 11) is 0. The average molecular weight is 443 g/mol. The van der Waals surface area contributed by atoms with E-state index in [1.807, 2.05) is 54.6 Å². The van der Waals surface area contributed by atoms with Crippen LogP contribution in [0, 0.1) is 10.1 Å². The molecule has 5 rings (SSSR count). The predicted octanol–water partition coefficient (Wildman–Crippen LogP) is 5.24. The zero-order valence-corrected chi connectivity index (χ0v) is 17.5. The zero-order valence-electron chi connectivity index (χ0n) is 16.7. The van der Waals surface area contributed by atoms with Crippen molar-refractivity contribution in [1.82, 2.24) is 15.2 Å². The molecule has 4 aromatic rings. The molecule has 0 radical (unpaired) electrons. The molecule has 2 heterocycles. The Labute approximate surface area is 187 Å². The van der Waals surface area contributed by atoms with Gasteiger partial charge < -0.3 is 10.1 Å². The van der Waals surface area contributed by atoms with Crippen molar-refractivity contribution < 1.29 is 9.66 Å². The minimum atomic E-state index is -0.595. The van der Waals surface area contributed by atoms with E-state index in [-0.39, 0.29) is 5.69 Å². The highest BCUT2D eigenvalue weighted by Crippen LogP contribution is 2.39. The van der Waals surface area contributed by atoms with Crippen LogP contribution in [0.3, 0.4) is 0 Å². The minimum absolute atomic E-state index is 0.0202. The Bertz CT molecular complexity index is 1270. The lowest BCUT2D eigenvalue weighted by atomic mass is 10.1. The first-order chi connectivity index (χ1) is 15.7. The first kappa shape index (κ1) is 20.0. The largest absolute Gasteiger partial charge is 0.448 e. The lowest BCUT2D eigenvalue weighted by molar-refractivity contribution is -0.384. The molecule has 158 valence electrons. The summed E-state index contributed by atoms with van der Waals surface area (Å²) in [6.45, 7) is 0. The summed E-state index contributed by atoms with van der Waals surface area (Å²) in [5.41, 5.74) is 4.10. The molecule has 0 aliphatic carbocycles. The van der Waals surface area contributed by atoms with Gasteiger partial charge >= 0.3 is 0 Å². The number of non-ortho nitro benzene ring substituents is 1. The number of para-hydroxylation sites is 1. The lowest BCUT2D eigenvalue weighted by Crippen LogP contribution is -2.17. The van der Waals surface area contributed by atoms with Gasteiger partial charge in [0.1, 0.15) is 0 Å². The number of nitro groups is 1. The van der Waals surface area contributed by atoms with Gasteiger partial charge in [0, 0.05) is 34.7 Å². The van der Waals surface area contributed by atoms with Crippen LogP contribution >= 0.6 is 11.8 Å². The van der Waals surface area contributed by atoms with E-state index < -0.39 is 11.2 Å². The second-order valence-electron chi connectivity index (χ2n) is 7.06. The Morgan fingerprint density at radius 1 is 0.969 bits per heavy atom. The molecule has 0 saturated carbocycles. The van der Waals surface area contributed by atoms with Gasteiger partial charge in [0.15, 0.2) is 11.9 Å². The quantitative estimate of drug-likeness (QED) is 0.254. The van der Waals surface area contributed by atoms with Crippen LogP contribution in [0.1, 0.15) is 17.4 Å². The van der Waals surface area contributed by atoms with E-state index >= 15 is 0 Å². The number of nitro benzene ring substituents is 1. The Kier molecular flexibility index (Phi) is 5.39. The van der Waals surface area contributed by atoms with Gasteiger partial charge in [-0.25, -0.2) is 0 Å². The average Bonchev–Trinajstić information content (AvgIpc) is 3.00. The van der Waals surface area contributed by atoms with Crippen LogP contribution in [0.15, 0.2) is 84.0 Å². The van der Waals surface area contributed by atoms with Gasteiger partial charge in [-0.2, -0.15) is 4.98 Å². The number of nitrogens with zero attached hydrogens (tertiary/aromatic N) is 4. The number of ether oxygens (including phenoxy) is 1. The van der Waals surface area contributed by atoms with E-state index in [1.54, 1.807) is 12.1 Å². The van der Waals surface area contributed by atoms with Crippen molar-refractivity contribution in [3.8, 4) is 17.1 Å². The van der Waals surface area contributed by atoms with Crippen LogP contribution < -0.4 is 10.1 Å². The van der Waals surface area contributed by atoms with Gasteiger partial charge in [-0.1, -0.05) is 60.3 Å². The van der Waals surface area contributed by atoms with E-state index in [0.29, 0.717) is 22.5 Å². The number of fused-ring (bicyclic) bond motifs is 3. The summed E-state index contributed by atoms with van der Waals surface area (Å²) in [6, 6.07) is 24.0. The second kappa shape index (κ2) is 8.64. The molecule has 0 amide bonds. The van der Waals surface area contributed by atoms with Gasteiger partial charge in [0.05, 0.1) is 4.92 Å². The Hall–Kier alpha value is -3.98. The van der Waals surface area contributed by atoms with E-state index in [9.17, 15) is 10.1 Å². The maximum absolute atomic E-state index is 11.0. The molecule has 0 unspecified atom stereocenters. The van der Waals surface area contributed by atoms with E-state index in [0.717, 1.165) is 22.4 Å². The molecule has 0 fully saturated rings. The van der Waals surface area contributed by atoms with Crippen LogP contribution in [0.5, 0.6) is 5.88 Å². The van der Waals surface area contributed by atoms with E-state index in [4.69, 9.17) is 4.74 Å². The van der Waals surface area contributed by atoms with E-state index in [1.165, 1.54) is 23.9 Å². The monoisotopic (exact) mass is 443 g/mol. The highest BCUT2D eigenvalue weighted by molar-refractivity contribution is 7.98. The summed E-state index contributed by atoms with van der Waals surface area (Å²) in [5, 5.41) is 23.6. The van der Waals surface area contributed by atoms with Crippen LogP contribution in [0.4, 0.5) is 11.4 Å². The van der Waals surface area contributed by atoms with Gasteiger partial charge in [-0.05, 0) is 23.8 Å². The van der Waals surface area contributed by atoms with Gasteiger partial charge in [0.2, 0.25) is 11.0 Å². The van der Waals surface area contributed by atoms with Crippen molar-refractivity contribution in [1.29, 1.82) is 0 Å². The number of aromatic nitrogens is 3. The molecular weight excluding hydrogens is 426 g/mol. The van der Waals surface area contributed by atoms with Crippen molar-refractivity contribution in [3.05, 3.63) is 100 Å². The SMILES string of the molecule is O=[N+]([O-])c1ccc([C@@H]2Nc3ccccc3-c3nnc(SCc4ccccc4)nc3O2)cc1. The summed E-state index contributed by atoms with van der Waals surface area (Å²) in [6.07, 6.45) is -0.595. The maximum Gasteiger partial charge on any atom is 0.269 e. The molecular formula is C23H17N5O3S. The van der Waals surface area contributed by atoms with Crippen LogP contribution in [-0.2, 0) is 5.75 Å². The molecule has 1 aromatic heterocycles. The third-order valence-electron chi connectivity index (χ3n) is 4.95. The Morgan fingerprint density at radius 3 is 2.50 bits per heavy atom. The molecule has 0 bridgehead atoms. The van der Waals surface area contributed by atoms with Crippen molar-refractivity contribution in [2.45, 2.75) is 17.1 Å². The van der Waals surface area contributed by atoms with Gasteiger partial charge in [-0.15, -0.1) is 10.2 Å². The summed E-state index contributed by atoms with van der Waals surface area (Å²) in [5.74, 6) is 1.07. The van der Waals surface area contributed by atoms with Crippen molar-refractivity contribution in [3.63, 3.8) is 0 Å². The number of thioether (sulfide) groups is 1. The molecule has 1 aliphatic rings. The molecule has 1 atom stereocenters. The fraction of sp³-hybridized carbons (Fsp3) is 0.0870. The van der Waals surface area contributed by atoms with Crippen molar-refractivity contribution in [2.75, 3.05) is 5.32 Å². The molecule has 32 heavy (non-hydrogen) atoms. The summed E-state index contributed by atoms with van der Waals surface area (Å²) < 4.78 is 6.21. The third-order valence-corrected chi connectivity index (χ3v) is 5.86. The molecule has 1 aliphatic heterocycles. The highest BCUT2D eigenvalue weighted by atomic mass is 32.2. The number of rotatable bonds is 5. The second-order valence-corrected chi connectivity index (χ2v) is 8.00. The van der Waals surface area contributed by atoms with Crippen LogP contribution in [-0.4, -0.2) is 20.1 Å². The maximum atomic E-state index is 11.0. The molecule has 9 heteroatoms. The molecule has 0 saturated heterocycles. The van der Waals surface area contributed by atoms with Gasteiger partial charge in [0.25, 0.3) is 5.69 Å². The van der Waals surface area contributed by atoms with Crippen LogP contribution in [0.2, 0.25) is 0 Å². The fourth-order valence-corrected chi connectivity index (χ4v) is 4.09. The minimum Gasteiger partial charge on any atom is -0.448 e. The Balaban J connectivity index is 1.48. The highest BCUT2D eigenvalue weighted by Gasteiger charge is 2.26. The topological polar surface area (TPSA) is 103 Å².